The summed E-state index contributed by atoms with van der Waals surface area (Å²) >= 11 is 4.90. The molecule has 3 aromatic rings. The summed E-state index contributed by atoms with van der Waals surface area (Å²) in [5.74, 6) is 1.17. The van der Waals surface area contributed by atoms with E-state index in [0.29, 0.717) is 11.6 Å². The van der Waals surface area contributed by atoms with Crippen LogP contribution in [0.25, 0.3) is 15.5 Å². The minimum Gasteiger partial charge on any atom is -0.398 e. The second-order valence-corrected chi connectivity index (χ2v) is 6.36. The van der Waals surface area contributed by atoms with Gasteiger partial charge in [-0.15, -0.1) is 10.2 Å². The Labute approximate surface area is 122 Å². The van der Waals surface area contributed by atoms with Gasteiger partial charge < -0.3 is 5.73 Å². The Bertz CT molecular complexity index is 746. The molecule has 0 saturated heterocycles. The van der Waals surface area contributed by atoms with E-state index < -0.39 is 0 Å². The number of rotatable bonds is 2. The van der Waals surface area contributed by atoms with Gasteiger partial charge >= 0.3 is 0 Å². The van der Waals surface area contributed by atoms with Crippen molar-refractivity contribution >= 4 is 37.9 Å². The number of hydrogen-bond donors (Lipinski definition) is 1. The van der Waals surface area contributed by atoms with Crippen LogP contribution in [0.1, 0.15) is 25.6 Å². The lowest BCUT2D eigenvalue weighted by molar-refractivity contribution is 0.727. The van der Waals surface area contributed by atoms with Crippen molar-refractivity contribution < 1.29 is 0 Å². The second-order valence-electron chi connectivity index (χ2n) is 4.55. The quantitative estimate of drug-likeness (QED) is 0.728. The summed E-state index contributed by atoms with van der Waals surface area (Å²) in [6.45, 7) is 4.15. The molecule has 0 aliphatic heterocycles. The molecule has 3 rings (SSSR count). The molecule has 0 atom stereocenters. The maximum Gasteiger partial charge on any atom is 0.234 e. The number of hydrogen-bond acceptors (Lipinski definition) is 5. The molecule has 0 spiro atoms. The average molecular weight is 338 g/mol. The Morgan fingerprint density at radius 2 is 2.11 bits per heavy atom. The van der Waals surface area contributed by atoms with Crippen molar-refractivity contribution in [3.05, 3.63) is 28.5 Å². The summed E-state index contributed by atoms with van der Waals surface area (Å²) in [5, 5.41) is 13.8. The predicted molar refractivity (Wildman–Crippen MR) is 80.3 cm³/mol. The number of aromatic nitrogens is 4. The van der Waals surface area contributed by atoms with Crippen molar-refractivity contribution in [3.8, 4) is 10.6 Å². The SMILES string of the molecule is CC(C)c1nnc2sc(-c3ccc(Br)c(N)c3)nn12. The number of fused-ring (bicyclic) bond motifs is 1. The molecule has 0 amide bonds. The Morgan fingerprint density at radius 3 is 2.79 bits per heavy atom. The monoisotopic (exact) mass is 337 g/mol. The number of anilines is 1. The summed E-state index contributed by atoms with van der Waals surface area (Å²) in [6, 6.07) is 5.82. The van der Waals surface area contributed by atoms with Crippen LogP contribution in [0.3, 0.4) is 0 Å². The van der Waals surface area contributed by atoms with Crippen molar-refractivity contribution in [1.82, 2.24) is 19.8 Å². The first kappa shape index (κ1) is 12.6. The number of nitrogens with zero attached hydrogens (tertiary/aromatic N) is 4. The summed E-state index contributed by atoms with van der Waals surface area (Å²) < 4.78 is 2.70. The van der Waals surface area contributed by atoms with E-state index in [2.05, 4.69) is 45.1 Å². The normalized spacial score (nSPS) is 11.6. The van der Waals surface area contributed by atoms with Crippen LogP contribution in [-0.4, -0.2) is 19.8 Å². The van der Waals surface area contributed by atoms with Gasteiger partial charge in [0.05, 0.1) is 0 Å². The molecular weight excluding hydrogens is 326 g/mol. The molecule has 0 unspecified atom stereocenters. The fraction of sp³-hybridized carbons (Fsp3) is 0.250. The second kappa shape index (κ2) is 4.57. The van der Waals surface area contributed by atoms with Crippen molar-refractivity contribution in [2.75, 3.05) is 5.73 Å². The highest BCUT2D eigenvalue weighted by Gasteiger charge is 2.15. The largest absolute Gasteiger partial charge is 0.398 e. The van der Waals surface area contributed by atoms with Crippen LogP contribution in [0.4, 0.5) is 5.69 Å². The van der Waals surface area contributed by atoms with E-state index >= 15 is 0 Å². The predicted octanol–water partition coefficient (Wildman–Crippen LogP) is 3.32. The zero-order chi connectivity index (χ0) is 13.6. The van der Waals surface area contributed by atoms with Gasteiger partial charge in [-0.2, -0.15) is 9.61 Å². The molecule has 0 radical (unpaired) electrons. The van der Waals surface area contributed by atoms with Gasteiger partial charge in [0.1, 0.15) is 5.01 Å². The van der Waals surface area contributed by atoms with Crippen molar-refractivity contribution in [1.29, 1.82) is 0 Å². The Balaban J connectivity index is 2.12. The van der Waals surface area contributed by atoms with Gasteiger partial charge in [-0.3, -0.25) is 0 Å². The number of nitrogen functional groups attached to an aromatic ring is 1. The Kier molecular flexibility index (Phi) is 3.02. The lowest BCUT2D eigenvalue weighted by Crippen LogP contribution is -1.98. The van der Waals surface area contributed by atoms with Crippen LogP contribution in [0.5, 0.6) is 0 Å². The molecule has 19 heavy (non-hydrogen) atoms. The first-order valence-corrected chi connectivity index (χ1v) is 7.44. The van der Waals surface area contributed by atoms with E-state index in [1.54, 1.807) is 0 Å². The number of halogens is 1. The molecule has 5 nitrogen and oxygen atoms in total. The Hall–Kier alpha value is -1.47. The average Bonchev–Trinajstić information content (AvgIpc) is 2.91. The van der Waals surface area contributed by atoms with Crippen LogP contribution in [-0.2, 0) is 0 Å². The van der Waals surface area contributed by atoms with Crippen molar-refractivity contribution in [3.63, 3.8) is 0 Å². The maximum atomic E-state index is 5.90. The first-order valence-electron chi connectivity index (χ1n) is 5.84. The molecule has 7 heteroatoms. The van der Waals surface area contributed by atoms with E-state index in [4.69, 9.17) is 5.73 Å². The van der Waals surface area contributed by atoms with Crippen LogP contribution < -0.4 is 5.73 Å². The van der Waals surface area contributed by atoms with E-state index in [9.17, 15) is 0 Å². The zero-order valence-corrected chi connectivity index (χ0v) is 12.9. The third-order valence-electron chi connectivity index (χ3n) is 2.77. The third kappa shape index (κ3) is 2.12. The lowest BCUT2D eigenvalue weighted by atomic mass is 10.2. The van der Waals surface area contributed by atoms with Gasteiger partial charge in [0.2, 0.25) is 4.96 Å². The molecule has 0 aliphatic carbocycles. The van der Waals surface area contributed by atoms with E-state index in [1.807, 2.05) is 22.7 Å². The van der Waals surface area contributed by atoms with Gasteiger partial charge in [0.25, 0.3) is 0 Å². The maximum absolute atomic E-state index is 5.90. The van der Waals surface area contributed by atoms with Gasteiger partial charge in [0.15, 0.2) is 5.82 Å². The molecule has 2 N–H and O–H groups in total. The minimum absolute atomic E-state index is 0.292. The smallest absolute Gasteiger partial charge is 0.234 e. The highest BCUT2D eigenvalue weighted by Crippen LogP contribution is 2.30. The van der Waals surface area contributed by atoms with Crippen molar-refractivity contribution in [2.24, 2.45) is 0 Å². The first-order chi connectivity index (χ1) is 9.06. The molecule has 2 heterocycles. The summed E-state index contributed by atoms with van der Waals surface area (Å²) in [7, 11) is 0. The molecule has 2 aromatic heterocycles. The molecule has 0 fully saturated rings. The highest BCUT2D eigenvalue weighted by atomic mass is 79.9. The third-order valence-corrected chi connectivity index (χ3v) is 4.44. The molecule has 0 saturated carbocycles. The van der Waals surface area contributed by atoms with Gasteiger partial charge in [-0.05, 0) is 28.1 Å². The summed E-state index contributed by atoms with van der Waals surface area (Å²) in [6.07, 6.45) is 0. The lowest BCUT2D eigenvalue weighted by Gasteiger charge is -2.01. The van der Waals surface area contributed by atoms with Crippen LogP contribution in [0, 0.1) is 0 Å². The summed E-state index contributed by atoms with van der Waals surface area (Å²) in [5.41, 5.74) is 7.59. The Morgan fingerprint density at radius 1 is 1.32 bits per heavy atom. The van der Waals surface area contributed by atoms with Crippen LogP contribution in [0.15, 0.2) is 22.7 Å². The standard InChI is InChI=1S/C12H12BrN5S/c1-6(2)10-15-16-12-18(10)17-11(19-12)7-3-4-8(13)9(14)5-7/h3-6H,14H2,1-2H3. The van der Waals surface area contributed by atoms with Gasteiger partial charge in [0, 0.05) is 21.6 Å². The van der Waals surface area contributed by atoms with Crippen LogP contribution >= 0.6 is 27.3 Å². The molecular formula is C12H12BrN5S. The highest BCUT2D eigenvalue weighted by molar-refractivity contribution is 9.10. The number of benzene rings is 1. The number of nitrogens with two attached hydrogens (primary N) is 1. The molecule has 98 valence electrons. The summed E-state index contributed by atoms with van der Waals surface area (Å²) in [4.78, 5) is 0.806. The van der Waals surface area contributed by atoms with E-state index in [-0.39, 0.29) is 0 Å². The van der Waals surface area contributed by atoms with Crippen molar-refractivity contribution in [2.45, 2.75) is 19.8 Å². The zero-order valence-electron chi connectivity index (χ0n) is 10.5. The molecule has 0 aliphatic rings. The molecule has 1 aromatic carbocycles. The topological polar surface area (TPSA) is 69.1 Å². The fourth-order valence-corrected chi connectivity index (χ4v) is 2.87. The minimum atomic E-state index is 0.292. The fourth-order valence-electron chi connectivity index (χ4n) is 1.79. The van der Waals surface area contributed by atoms with Gasteiger partial charge in [-0.25, -0.2) is 0 Å². The van der Waals surface area contributed by atoms with E-state index in [0.717, 1.165) is 25.8 Å². The van der Waals surface area contributed by atoms with Gasteiger partial charge in [-0.1, -0.05) is 31.3 Å². The molecule has 0 bridgehead atoms. The van der Waals surface area contributed by atoms with Crippen LogP contribution in [0.2, 0.25) is 0 Å². The van der Waals surface area contributed by atoms with E-state index in [1.165, 1.54) is 11.3 Å².